The van der Waals surface area contributed by atoms with Gasteiger partial charge in [-0.2, -0.15) is 0 Å². The van der Waals surface area contributed by atoms with Crippen molar-refractivity contribution in [2.75, 3.05) is 12.3 Å². The maximum atomic E-state index is 12.0. The van der Waals surface area contributed by atoms with Crippen LogP contribution in [0.3, 0.4) is 0 Å². The van der Waals surface area contributed by atoms with Gasteiger partial charge >= 0.3 is 0 Å². The van der Waals surface area contributed by atoms with E-state index in [1.807, 2.05) is 19.1 Å². The summed E-state index contributed by atoms with van der Waals surface area (Å²) in [7, 11) is 0. The number of hydrogen-bond donors (Lipinski definition) is 2. The average molecular weight is 232 g/mol. The summed E-state index contributed by atoms with van der Waals surface area (Å²) in [6.07, 6.45) is 3.70. The van der Waals surface area contributed by atoms with Crippen molar-refractivity contribution in [2.45, 2.75) is 33.1 Å². The number of carbonyl (C=O) groups is 1. The lowest BCUT2D eigenvalue weighted by atomic mass is 9.70. The molecule has 1 amide bonds. The molecule has 3 heteroatoms. The van der Waals surface area contributed by atoms with Crippen molar-refractivity contribution >= 4 is 11.6 Å². The van der Waals surface area contributed by atoms with E-state index in [4.69, 9.17) is 5.73 Å². The summed E-state index contributed by atoms with van der Waals surface area (Å²) >= 11 is 0. The molecule has 2 rings (SSSR count). The Labute approximate surface area is 102 Å². The molecule has 0 aliphatic heterocycles. The van der Waals surface area contributed by atoms with E-state index in [1.54, 1.807) is 6.07 Å². The smallest absolute Gasteiger partial charge is 0.251 e. The third-order valence-electron chi connectivity index (χ3n) is 3.74. The zero-order valence-electron chi connectivity index (χ0n) is 10.5. The van der Waals surface area contributed by atoms with Crippen LogP contribution >= 0.6 is 0 Å². The van der Waals surface area contributed by atoms with Crippen molar-refractivity contribution < 1.29 is 4.79 Å². The monoisotopic (exact) mass is 232 g/mol. The standard InChI is InChI=1S/C14H20N2O/c1-10-4-5-11(15)8-12(10)13(17)16-9-14(2)6-3-7-14/h4-5,8H,3,6-7,9,15H2,1-2H3,(H,16,17). The zero-order chi connectivity index (χ0) is 12.5. The number of nitrogens with one attached hydrogen (secondary N) is 1. The van der Waals surface area contributed by atoms with E-state index in [0.717, 1.165) is 12.1 Å². The van der Waals surface area contributed by atoms with Gasteiger partial charge in [0.15, 0.2) is 0 Å². The number of carbonyl (C=O) groups excluding carboxylic acids is 1. The molecular weight excluding hydrogens is 212 g/mol. The number of benzene rings is 1. The van der Waals surface area contributed by atoms with Crippen LogP contribution in [0.25, 0.3) is 0 Å². The van der Waals surface area contributed by atoms with Gasteiger partial charge in [0.1, 0.15) is 0 Å². The third kappa shape index (κ3) is 2.60. The van der Waals surface area contributed by atoms with Gasteiger partial charge in [0.25, 0.3) is 5.91 Å². The molecule has 0 saturated heterocycles. The highest BCUT2D eigenvalue weighted by molar-refractivity contribution is 5.96. The van der Waals surface area contributed by atoms with Crippen molar-refractivity contribution in [3.63, 3.8) is 0 Å². The highest BCUT2D eigenvalue weighted by atomic mass is 16.1. The topological polar surface area (TPSA) is 55.1 Å². The molecule has 0 atom stereocenters. The maximum Gasteiger partial charge on any atom is 0.251 e. The Morgan fingerprint density at radius 3 is 2.76 bits per heavy atom. The van der Waals surface area contributed by atoms with Crippen LogP contribution in [-0.4, -0.2) is 12.5 Å². The molecule has 1 aromatic rings. The van der Waals surface area contributed by atoms with Gasteiger partial charge in [0.05, 0.1) is 0 Å². The summed E-state index contributed by atoms with van der Waals surface area (Å²) in [6, 6.07) is 5.45. The number of rotatable bonds is 3. The van der Waals surface area contributed by atoms with Crippen LogP contribution in [0.5, 0.6) is 0 Å². The quantitative estimate of drug-likeness (QED) is 0.787. The fraction of sp³-hybridized carbons (Fsp3) is 0.500. The largest absolute Gasteiger partial charge is 0.399 e. The van der Waals surface area contributed by atoms with E-state index in [1.165, 1.54) is 19.3 Å². The second-order valence-corrected chi connectivity index (χ2v) is 5.42. The van der Waals surface area contributed by atoms with Gasteiger partial charge in [0, 0.05) is 17.8 Å². The molecule has 1 fully saturated rings. The summed E-state index contributed by atoms with van der Waals surface area (Å²) in [5.41, 5.74) is 8.30. The molecule has 0 bridgehead atoms. The molecule has 0 aromatic heterocycles. The van der Waals surface area contributed by atoms with E-state index >= 15 is 0 Å². The number of nitrogen functional groups attached to an aromatic ring is 1. The van der Waals surface area contributed by atoms with E-state index in [0.29, 0.717) is 16.7 Å². The number of amides is 1. The van der Waals surface area contributed by atoms with Gasteiger partial charge in [-0.3, -0.25) is 4.79 Å². The van der Waals surface area contributed by atoms with E-state index < -0.39 is 0 Å². The molecule has 3 nitrogen and oxygen atoms in total. The summed E-state index contributed by atoms with van der Waals surface area (Å²) in [5, 5.41) is 3.01. The lowest BCUT2D eigenvalue weighted by molar-refractivity contribution is 0.0890. The molecule has 1 aliphatic rings. The van der Waals surface area contributed by atoms with Crippen molar-refractivity contribution in [3.8, 4) is 0 Å². The van der Waals surface area contributed by atoms with Crippen LogP contribution in [0.15, 0.2) is 18.2 Å². The predicted molar refractivity (Wildman–Crippen MR) is 69.9 cm³/mol. The Morgan fingerprint density at radius 1 is 1.47 bits per heavy atom. The van der Waals surface area contributed by atoms with E-state index in [2.05, 4.69) is 12.2 Å². The minimum atomic E-state index is -0.0112. The molecule has 1 aromatic carbocycles. The first kappa shape index (κ1) is 12.0. The van der Waals surface area contributed by atoms with Crippen LogP contribution in [0, 0.1) is 12.3 Å². The molecule has 0 spiro atoms. The number of hydrogen-bond acceptors (Lipinski definition) is 2. The lowest BCUT2D eigenvalue weighted by Crippen LogP contribution is -2.40. The summed E-state index contributed by atoms with van der Waals surface area (Å²) < 4.78 is 0. The number of aryl methyl sites for hydroxylation is 1. The minimum absolute atomic E-state index is 0.0112. The van der Waals surface area contributed by atoms with Gasteiger partial charge in [-0.05, 0) is 42.9 Å². The highest BCUT2D eigenvalue weighted by Crippen LogP contribution is 2.39. The second-order valence-electron chi connectivity index (χ2n) is 5.42. The first-order valence-corrected chi connectivity index (χ1v) is 6.15. The molecule has 17 heavy (non-hydrogen) atoms. The van der Waals surface area contributed by atoms with Crippen molar-refractivity contribution in [1.82, 2.24) is 5.32 Å². The lowest BCUT2D eigenvalue weighted by Gasteiger charge is -2.38. The van der Waals surface area contributed by atoms with Crippen LogP contribution < -0.4 is 11.1 Å². The Morgan fingerprint density at radius 2 is 2.18 bits per heavy atom. The molecule has 92 valence electrons. The molecule has 1 aliphatic carbocycles. The molecule has 0 radical (unpaired) electrons. The molecule has 0 heterocycles. The Kier molecular flexibility index (Phi) is 3.09. The Balaban J connectivity index is 2.01. The number of nitrogens with two attached hydrogens (primary N) is 1. The Bertz CT molecular complexity index is 436. The van der Waals surface area contributed by atoms with Crippen LogP contribution in [0.4, 0.5) is 5.69 Å². The van der Waals surface area contributed by atoms with Gasteiger partial charge in [0.2, 0.25) is 0 Å². The van der Waals surface area contributed by atoms with Gasteiger partial charge < -0.3 is 11.1 Å². The first-order chi connectivity index (χ1) is 8.00. The highest BCUT2D eigenvalue weighted by Gasteiger charge is 2.31. The summed E-state index contributed by atoms with van der Waals surface area (Å²) in [6.45, 7) is 4.92. The second kappa shape index (κ2) is 4.40. The van der Waals surface area contributed by atoms with Crippen molar-refractivity contribution in [2.24, 2.45) is 5.41 Å². The zero-order valence-corrected chi connectivity index (χ0v) is 10.5. The fourth-order valence-electron chi connectivity index (χ4n) is 2.23. The molecule has 1 saturated carbocycles. The normalized spacial score (nSPS) is 17.3. The predicted octanol–water partition coefficient (Wildman–Crippen LogP) is 2.50. The SMILES string of the molecule is Cc1ccc(N)cc1C(=O)NCC1(C)CCC1. The Hall–Kier alpha value is -1.51. The van der Waals surface area contributed by atoms with Crippen LogP contribution in [0.1, 0.15) is 42.1 Å². The average Bonchev–Trinajstić information content (AvgIpc) is 2.26. The van der Waals surface area contributed by atoms with Gasteiger partial charge in [-0.25, -0.2) is 0 Å². The third-order valence-corrected chi connectivity index (χ3v) is 3.74. The van der Waals surface area contributed by atoms with Gasteiger partial charge in [-0.1, -0.05) is 19.4 Å². The van der Waals surface area contributed by atoms with E-state index in [-0.39, 0.29) is 5.91 Å². The summed E-state index contributed by atoms with van der Waals surface area (Å²) in [5.74, 6) is -0.0112. The first-order valence-electron chi connectivity index (χ1n) is 6.15. The maximum absolute atomic E-state index is 12.0. The summed E-state index contributed by atoms with van der Waals surface area (Å²) in [4.78, 5) is 12.0. The molecule has 3 N–H and O–H groups in total. The molecule has 0 unspecified atom stereocenters. The number of anilines is 1. The minimum Gasteiger partial charge on any atom is -0.399 e. The van der Waals surface area contributed by atoms with Crippen molar-refractivity contribution in [1.29, 1.82) is 0 Å². The van der Waals surface area contributed by atoms with Gasteiger partial charge in [-0.15, -0.1) is 0 Å². The van der Waals surface area contributed by atoms with Crippen LogP contribution in [0.2, 0.25) is 0 Å². The van der Waals surface area contributed by atoms with E-state index in [9.17, 15) is 4.79 Å². The molecular formula is C14H20N2O. The van der Waals surface area contributed by atoms with Crippen molar-refractivity contribution in [3.05, 3.63) is 29.3 Å². The fourth-order valence-corrected chi connectivity index (χ4v) is 2.23. The van der Waals surface area contributed by atoms with Crippen LogP contribution in [-0.2, 0) is 0 Å².